The lowest BCUT2D eigenvalue weighted by Gasteiger charge is -1.96. The van der Waals surface area contributed by atoms with Crippen LogP contribution in [0.3, 0.4) is 0 Å². The number of nitrogens with one attached hydrogen (secondary N) is 1. The van der Waals surface area contributed by atoms with Gasteiger partial charge in [-0.1, -0.05) is 32.9 Å². The van der Waals surface area contributed by atoms with Crippen LogP contribution in [0.5, 0.6) is 0 Å². The van der Waals surface area contributed by atoms with Gasteiger partial charge in [-0.25, -0.2) is 0 Å². The average molecular weight is 204 g/mol. The van der Waals surface area contributed by atoms with E-state index in [4.69, 9.17) is 0 Å². The number of nitrogens with zero attached hydrogens (tertiary/aromatic N) is 1. The molecule has 14 heavy (non-hydrogen) atoms. The van der Waals surface area contributed by atoms with Crippen molar-refractivity contribution in [3.63, 3.8) is 0 Å². The molecular formula is C10H24N2O2. The molecule has 0 rings (SSSR count). The Morgan fingerprint density at radius 1 is 1.21 bits per heavy atom. The molecule has 0 aliphatic heterocycles. The third-order valence-electron chi connectivity index (χ3n) is 0.722. The Labute approximate surface area is 87.7 Å². The molecule has 0 aliphatic rings. The molecule has 0 heterocycles. The van der Waals surface area contributed by atoms with Gasteiger partial charge in [0.2, 0.25) is 0 Å². The Hall–Kier alpha value is -1.06. The lowest BCUT2D eigenvalue weighted by molar-refractivity contribution is -0.125. The zero-order valence-electron chi connectivity index (χ0n) is 10.5. The Morgan fingerprint density at radius 3 is 1.93 bits per heavy atom. The van der Waals surface area contributed by atoms with Crippen LogP contribution in [0.15, 0.2) is 5.16 Å². The van der Waals surface area contributed by atoms with E-state index in [1.54, 1.807) is 20.9 Å². The quantitative estimate of drug-likeness (QED) is 0.566. The minimum Gasteiger partial charge on any atom is -0.386 e. The number of carbonyl (C=O) groups is 1. The van der Waals surface area contributed by atoms with Crippen LogP contribution in [0.2, 0.25) is 0 Å². The SMILES string of the molecule is CC.CC.CNC(=O)CON=C(C)C. The molecule has 1 N–H and O–H groups in total. The van der Waals surface area contributed by atoms with E-state index in [1.807, 2.05) is 27.7 Å². The second-order valence-electron chi connectivity index (χ2n) is 1.99. The monoisotopic (exact) mass is 204 g/mol. The van der Waals surface area contributed by atoms with Gasteiger partial charge < -0.3 is 10.2 Å². The molecule has 0 aromatic heterocycles. The summed E-state index contributed by atoms with van der Waals surface area (Å²) in [5.41, 5.74) is 0.795. The molecular weight excluding hydrogens is 180 g/mol. The topological polar surface area (TPSA) is 50.7 Å². The smallest absolute Gasteiger partial charge is 0.260 e. The maximum absolute atomic E-state index is 10.5. The van der Waals surface area contributed by atoms with Gasteiger partial charge in [-0.2, -0.15) is 0 Å². The van der Waals surface area contributed by atoms with Crippen LogP contribution in [-0.2, 0) is 9.63 Å². The van der Waals surface area contributed by atoms with Gasteiger partial charge in [0.05, 0.1) is 5.71 Å². The summed E-state index contributed by atoms with van der Waals surface area (Å²) in [5, 5.41) is 5.97. The van der Waals surface area contributed by atoms with E-state index in [0.717, 1.165) is 5.71 Å². The summed E-state index contributed by atoms with van der Waals surface area (Å²) in [6.07, 6.45) is 0. The van der Waals surface area contributed by atoms with Crippen LogP contribution >= 0.6 is 0 Å². The van der Waals surface area contributed by atoms with Crippen molar-refractivity contribution in [2.45, 2.75) is 41.5 Å². The zero-order chi connectivity index (χ0) is 12.0. The molecule has 0 spiro atoms. The first-order valence-electron chi connectivity index (χ1n) is 5.00. The van der Waals surface area contributed by atoms with Crippen molar-refractivity contribution in [2.24, 2.45) is 5.16 Å². The van der Waals surface area contributed by atoms with Crippen molar-refractivity contribution in [2.75, 3.05) is 13.7 Å². The molecule has 0 aromatic carbocycles. The Morgan fingerprint density at radius 2 is 1.64 bits per heavy atom. The number of amides is 1. The summed E-state index contributed by atoms with van der Waals surface area (Å²) in [4.78, 5) is 15.1. The standard InChI is InChI=1S/C6H12N2O2.2C2H6/c1-5(2)8-10-4-6(9)7-3;2*1-2/h4H2,1-3H3,(H,7,9);2*1-2H3. The van der Waals surface area contributed by atoms with Crippen molar-refractivity contribution in [3.05, 3.63) is 0 Å². The molecule has 0 bridgehead atoms. The third-order valence-corrected chi connectivity index (χ3v) is 0.722. The third kappa shape index (κ3) is 22.4. The molecule has 0 aliphatic carbocycles. The molecule has 4 nitrogen and oxygen atoms in total. The Kier molecular flexibility index (Phi) is 23.8. The zero-order valence-corrected chi connectivity index (χ0v) is 10.5. The number of carbonyl (C=O) groups excluding carboxylic acids is 1. The van der Waals surface area contributed by atoms with E-state index < -0.39 is 0 Å². The van der Waals surface area contributed by atoms with Crippen LogP contribution in [0.4, 0.5) is 0 Å². The fraction of sp³-hybridized carbons (Fsp3) is 0.800. The first-order valence-corrected chi connectivity index (χ1v) is 5.00. The maximum atomic E-state index is 10.5. The van der Waals surface area contributed by atoms with E-state index in [0.29, 0.717) is 0 Å². The second-order valence-corrected chi connectivity index (χ2v) is 1.99. The highest BCUT2D eigenvalue weighted by molar-refractivity contribution is 5.79. The summed E-state index contributed by atoms with van der Waals surface area (Å²) < 4.78 is 0. The summed E-state index contributed by atoms with van der Waals surface area (Å²) in [6.45, 7) is 11.6. The molecule has 0 aromatic rings. The predicted molar refractivity (Wildman–Crippen MR) is 61.5 cm³/mol. The van der Waals surface area contributed by atoms with Crippen molar-refractivity contribution < 1.29 is 9.63 Å². The molecule has 1 amide bonds. The first kappa shape index (κ1) is 18.7. The average Bonchev–Trinajstić information content (AvgIpc) is 2.23. The van der Waals surface area contributed by atoms with Gasteiger partial charge >= 0.3 is 0 Å². The lowest BCUT2D eigenvalue weighted by Crippen LogP contribution is -2.22. The van der Waals surface area contributed by atoms with Gasteiger partial charge in [0.1, 0.15) is 0 Å². The van der Waals surface area contributed by atoms with Gasteiger partial charge in [-0.05, 0) is 13.8 Å². The molecule has 0 saturated carbocycles. The van der Waals surface area contributed by atoms with Crippen molar-refractivity contribution in [3.8, 4) is 0 Å². The number of likely N-dealkylation sites (N-methyl/N-ethyl adjacent to an activating group) is 1. The molecule has 0 saturated heterocycles. The minimum absolute atomic E-state index is 0.0122. The van der Waals surface area contributed by atoms with Gasteiger partial charge in [0, 0.05) is 7.05 Å². The molecule has 4 heteroatoms. The fourth-order valence-corrected chi connectivity index (χ4v) is 0.292. The highest BCUT2D eigenvalue weighted by Crippen LogP contribution is 1.78. The van der Waals surface area contributed by atoms with Crippen LogP contribution in [-0.4, -0.2) is 25.3 Å². The molecule has 0 radical (unpaired) electrons. The fourth-order valence-electron chi connectivity index (χ4n) is 0.292. The van der Waals surface area contributed by atoms with E-state index in [9.17, 15) is 4.79 Å². The molecule has 0 fully saturated rings. The van der Waals surface area contributed by atoms with Crippen LogP contribution in [0.25, 0.3) is 0 Å². The van der Waals surface area contributed by atoms with Gasteiger partial charge in [-0.3, -0.25) is 4.79 Å². The summed E-state index contributed by atoms with van der Waals surface area (Å²) in [7, 11) is 1.55. The Balaban J connectivity index is -0.000000266. The van der Waals surface area contributed by atoms with Crippen molar-refractivity contribution in [1.29, 1.82) is 0 Å². The van der Waals surface area contributed by atoms with Gasteiger partial charge in [0.25, 0.3) is 5.91 Å². The van der Waals surface area contributed by atoms with E-state index >= 15 is 0 Å². The van der Waals surface area contributed by atoms with Gasteiger partial charge in [0.15, 0.2) is 6.61 Å². The minimum atomic E-state index is -0.176. The van der Waals surface area contributed by atoms with Crippen LogP contribution in [0, 0.1) is 0 Å². The van der Waals surface area contributed by atoms with Crippen molar-refractivity contribution in [1.82, 2.24) is 5.32 Å². The number of rotatable bonds is 3. The number of hydrogen-bond acceptors (Lipinski definition) is 3. The second kappa shape index (κ2) is 17.9. The largest absolute Gasteiger partial charge is 0.386 e. The predicted octanol–water partition coefficient (Wildman–Crippen LogP) is 2.20. The highest BCUT2D eigenvalue weighted by atomic mass is 16.6. The van der Waals surface area contributed by atoms with Crippen LogP contribution in [0.1, 0.15) is 41.5 Å². The molecule has 86 valence electrons. The van der Waals surface area contributed by atoms with E-state index in [2.05, 4.69) is 15.3 Å². The highest BCUT2D eigenvalue weighted by Gasteiger charge is 1.94. The Bertz CT molecular complexity index is 141. The first-order chi connectivity index (χ1) is 6.66. The lowest BCUT2D eigenvalue weighted by atomic mass is 10.5. The van der Waals surface area contributed by atoms with Crippen molar-refractivity contribution >= 4 is 11.6 Å². The summed E-state index contributed by atoms with van der Waals surface area (Å²) in [5.74, 6) is -0.176. The summed E-state index contributed by atoms with van der Waals surface area (Å²) >= 11 is 0. The summed E-state index contributed by atoms with van der Waals surface area (Å²) in [6, 6.07) is 0. The normalized spacial score (nSPS) is 6.79. The maximum Gasteiger partial charge on any atom is 0.260 e. The van der Waals surface area contributed by atoms with E-state index in [1.165, 1.54) is 0 Å². The molecule has 0 atom stereocenters. The number of oxime groups is 1. The van der Waals surface area contributed by atoms with Crippen LogP contribution < -0.4 is 5.32 Å². The van der Waals surface area contributed by atoms with E-state index in [-0.39, 0.29) is 12.5 Å². The van der Waals surface area contributed by atoms with Gasteiger partial charge in [-0.15, -0.1) is 0 Å². The number of hydrogen-bond donors (Lipinski definition) is 1. The molecule has 0 unspecified atom stereocenters.